The van der Waals surface area contributed by atoms with Gasteiger partial charge in [0.05, 0.1) is 31.3 Å². The zero-order valence-electron chi connectivity index (χ0n) is 94.2. The zero-order chi connectivity index (χ0) is 104. The summed E-state index contributed by atoms with van der Waals surface area (Å²) in [6.07, 6.45) is 56.5. The molecule has 1 unspecified atom stereocenters. The number of pyridine rings is 1. The van der Waals surface area contributed by atoms with E-state index in [9.17, 15) is 38.4 Å². The maximum Gasteiger partial charge on any atom is 0.409 e. The van der Waals surface area contributed by atoms with Crippen LogP contribution in [0, 0.1) is 5.92 Å². The van der Waals surface area contributed by atoms with Gasteiger partial charge in [-0.05, 0) is 433 Å². The molecule has 0 saturated carbocycles. The number of urea groups is 1. The number of rotatable bonds is 31. The number of nitrogens with zero attached hydrogens (tertiary/aromatic N) is 19. The van der Waals surface area contributed by atoms with Crippen LogP contribution in [0.25, 0.3) is 0 Å². The van der Waals surface area contributed by atoms with E-state index in [2.05, 4.69) is 104 Å². The number of ether oxygens (including phenoxy) is 2. The van der Waals surface area contributed by atoms with Gasteiger partial charge >= 0.3 is 18.2 Å². The highest BCUT2D eigenvalue weighted by Gasteiger charge is 2.29. The third-order valence-corrected chi connectivity index (χ3v) is 31.3. The largest absolute Gasteiger partial charge is 0.449 e. The smallest absolute Gasteiger partial charge is 0.409 e. The Kier molecular flexibility index (Phi) is 70.3. The molecule has 17 aliphatic heterocycles. The van der Waals surface area contributed by atoms with Gasteiger partial charge in [-0.25, -0.2) is 14.4 Å². The Morgan fingerprint density at radius 1 is 0.324 bits per heavy atom. The van der Waals surface area contributed by atoms with E-state index in [1.54, 1.807) is 11.8 Å². The van der Waals surface area contributed by atoms with E-state index < -0.39 is 0 Å². The van der Waals surface area contributed by atoms with Gasteiger partial charge in [-0.15, -0.1) is 0 Å². The molecule has 30 heteroatoms. The van der Waals surface area contributed by atoms with Gasteiger partial charge in [-0.1, -0.05) is 60.5 Å². The number of likely N-dealkylation sites (tertiary alicyclic amines) is 17. The molecule has 30 nitrogen and oxygen atoms in total. The van der Waals surface area contributed by atoms with Gasteiger partial charge in [0.2, 0.25) is 23.6 Å². The number of hydrogen-bond donors (Lipinski definition) is 1. The molecule has 0 radical (unpaired) electrons. The Hall–Kier alpha value is -5.93. The van der Waals surface area contributed by atoms with Crippen LogP contribution in [0.15, 0.2) is 24.4 Å². The molecule has 1 N–H and O–H groups in total. The third-order valence-electron chi connectivity index (χ3n) is 31.3. The summed E-state index contributed by atoms with van der Waals surface area (Å²) in [7, 11) is 2.08. The summed E-state index contributed by atoms with van der Waals surface area (Å²) >= 11 is 0. The van der Waals surface area contributed by atoms with Crippen LogP contribution in [0.5, 0.6) is 0 Å². The topological polar surface area (TPSA) is 238 Å². The van der Waals surface area contributed by atoms with Crippen molar-refractivity contribution in [2.75, 3.05) is 321 Å². The maximum atomic E-state index is 12.1. The van der Waals surface area contributed by atoms with E-state index >= 15 is 0 Å². The summed E-state index contributed by atoms with van der Waals surface area (Å²) in [6.45, 7) is 67.9. The highest BCUT2D eigenvalue weighted by molar-refractivity contribution is 5.80. The fraction of sp³-hybridized carbons (Fsp3) is 0.887. The van der Waals surface area contributed by atoms with Crippen molar-refractivity contribution in [2.24, 2.45) is 5.92 Å². The molecule has 1 aromatic rings. The van der Waals surface area contributed by atoms with Crippen LogP contribution in [0.4, 0.5) is 14.4 Å². The first-order valence-electron chi connectivity index (χ1n) is 60.2. The van der Waals surface area contributed by atoms with Crippen molar-refractivity contribution in [3.8, 4) is 0 Å². The minimum absolute atomic E-state index is 0.115. The predicted molar refractivity (Wildman–Crippen MR) is 593 cm³/mol. The quantitative estimate of drug-likeness (QED) is 0.0727. The molecule has 1 atom stereocenters. The Balaban J connectivity index is 0.000000215. The average Bonchev–Trinajstić information content (AvgIpc) is 1.76. The molecule has 17 aliphatic rings. The first-order valence-corrected chi connectivity index (χ1v) is 60.2. The molecule has 8 amide bonds. The van der Waals surface area contributed by atoms with Crippen molar-refractivity contribution in [3.63, 3.8) is 0 Å². The number of carbonyl (C=O) groups excluding carboxylic acids is 8. The molecule has 17 fully saturated rings. The summed E-state index contributed by atoms with van der Waals surface area (Å²) in [5.74, 6) is 1.87. The molecule has 145 heavy (non-hydrogen) atoms. The minimum atomic E-state index is -0.135. The zero-order valence-corrected chi connectivity index (χ0v) is 94.2. The van der Waals surface area contributed by atoms with Crippen molar-refractivity contribution in [2.45, 2.75) is 338 Å². The average molecular weight is 2040 g/mol. The first-order chi connectivity index (χ1) is 70.9. The highest BCUT2D eigenvalue weighted by Crippen LogP contribution is 2.22. The number of Topliss-reactive ketones (excluding diaryl/α,β-unsaturated/α-hetero) is 1. The van der Waals surface area contributed by atoms with Crippen LogP contribution >= 0.6 is 0 Å². The molecular formula is C115H216N20O10. The van der Waals surface area contributed by atoms with E-state index in [4.69, 9.17) is 9.47 Å². The van der Waals surface area contributed by atoms with Gasteiger partial charge in [-0.3, -0.25) is 48.6 Å². The van der Waals surface area contributed by atoms with E-state index in [1.165, 1.54) is 368 Å². The Labute approximate surface area is 884 Å². The van der Waals surface area contributed by atoms with Crippen LogP contribution in [-0.4, -0.2) is 462 Å². The van der Waals surface area contributed by atoms with Gasteiger partial charge < -0.3 is 83.4 Å². The Bertz CT molecular complexity index is 3340. The highest BCUT2D eigenvalue weighted by atomic mass is 16.6. The summed E-state index contributed by atoms with van der Waals surface area (Å²) in [5, 5.41) is 2.86. The molecule has 17 saturated heterocycles. The summed E-state index contributed by atoms with van der Waals surface area (Å²) in [5.41, 5.74) is 1.19. The van der Waals surface area contributed by atoms with Gasteiger partial charge in [0.15, 0.2) is 0 Å². The lowest BCUT2D eigenvalue weighted by molar-refractivity contribution is -0.135. The van der Waals surface area contributed by atoms with E-state index in [1.807, 2.05) is 62.4 Å². The first kappa shape index (κ1) is 126. The van der Waals surface area contributed by atoms with Gasteiger partial charge in [-0.2, -0.15) is 0 Å². The molecule has 18 heterocycles. The Morgan fingerprint density at radius 3 is 0.993 bits per heavy atom. The number of nitrogens with one attached hydrogen (secondary N) is 1. The fourth-order valence-corrected chi connectivity index (χ4v) is 22.1. The number of hydrogen-bond acceptors (Lipinski definition) is 22. The lowest BCUT2D eigenvalue weighted by Crippen LogP contribution is -2.41. The molecule has 0 aromatic carbocycles. The molecule has 0 bridgehead atoms. The number of piperidine rings is 3. The normalized spacial score (nSPS) is 21.4. The second kappa shape index (κ2) is 80.9. The standard InChI is InChI=1S/C12H24N2O.C12H24N2.C11H20N2O2.C11H20N2O.C11H22N2.C10H20N2.C10H14N2.C8H16N2O.C8H15NO2.C8H15NO.2C7H13NO/c1-4-11(10-13(3)5-2)12(15)14-8-6-7-9-14;1-2-7-13(8-3-1)11-6-12-14-9-4-5-10-14;14-11(13-7-3-4-8-13)15-10-9-12-5-1-2-6-12;14-11(10-12-6-4-5-7-12)13-8-2-1-3-9-13;1-2-6-12(7-3-1)10-11-13-8-4-5-9-13;1-2-6-11(5-1)9-10-12-7-3-4-8-12;1-2-6-11-10(5-1)9-12-7-3-4-8-12;1-2-5-9-8(11)10-6-3-4-7-10;1-2-7-11-8(10)9-5-3-4-6-9;1-2-5-8(10)9-6-3-4-7-9;1-7(9)6-8-4-2-3-5-8;1-2-7(9)8-5-3-4-6-8/h11H,4-10H2,1-3H3;1-12H2;1-10H2;1-10H2;1-11H2;1-10H2;1-2,5-6H,3-4,7-9H2;2-7H2,1H3,(H,9,11);2-7H2,1H3;2-7H2,1H3;2*2-6H2,1H3. The second-order valence-corrected chi connectivity index (χ2v) is 43.6. The number of carbonyl (C=O) groups is 8. The van der Waals surface area contributed by atoms with Crippen molar-refractivity contribution >= 4 is 47.6 Å². The lowest BCUT2D eigenvalue weighted by Gasteiger charge is -2.28. The van der Waals surface area contributed by atoms with Gasteiger partial charge in [0, 0.05) is 163 Å². The Morgan fingerprint density at radius 2 is 0.641 bits per heavy atom. The third kappa shape index (κ3) is 57.4. The molecular weight excluding hydrogens is 1820 g/mol. The lowest BCUT2D eigenvalue weighted by atomic mass is 10.0. The molecule has 836 valence electrons. The van der Waals surface area contributed by atoms with Crippen LogP contribution in [0.2, 0.25) is 0 Å². The van der Waals surface area contributed by atoms with Crippen molar-refractivity contribution in [1.82, 2.24) is 98.5 Å². The van der Waals surface area contributed by atoms with Crippen LogP contribution in [0.3, 0.4) is 0 Å². The second-order valence-electron chi connectivity index (χ2n) is 43.6. The summed E-state index contributed by atoms with van der Waals surface area (Å²) in [4.78, 5) is 136. The number of amides is 8. The van der Waals surface area contributed by atoms with Crippen molar-refractivity contribution in [1.29, 1.82) is 0 Å². The maximum absolute atomic E-state index is 12.1. The number of aromatic nitrogens is 1. The predicted octanol–water partition coefficient (Wildman–Crippen LogP) is 16.3. The van der Waals surface area contributed by atoms with Crippen molar-refractivity contribution < 1.29 is 47.8 Å². The van der Waals surface area contributed by atoms with E-state index in [0.29, 0.717) is 56.4 Å². The van der Waals surface area contributed by atoms with Crippen LogP contribution < -0.4 is 5.32 Å². The van der Waals surface area contributed by atoms with E-state index in [0.717, 1.165) is 208 Å². The SMILES string of the molecule is C1CCN(CCCN2CCCC2)CC1.C1CCN(CCN2CCCC2)C1.C1CCN(CCN2CCCC2)CC1.CC(=O)CN1CCCC1.CCC(=O)N1CCCC1.CCC(CN(C)CC)C(=O)N1CCCC1.CCCC(=O)N1CCCC1.CCCNC(=O)N1CCCC1.CCCOC(=O)N1CCCC1.O=C(CN1CCCC1)N1CCCCC1.O=C(OCCN1CCCC1)N1CCCC1.c1ccc(CN2CCCC2)nc1. The van der Waals surface area contributed by atoms with Gasteiger partial charge in [0.25, 0.3) is 0 Å². The molecule has 1 aromatic heterocycles. The van der Waals surface area contributed by atoms with E-state index in [-0.39, 0.29) is 29.9 Å². The summed E-state index contributed by atoms with van der Waals surface area (Å²) < 4.78 is 10.2. The van der Waals surface area contributed by atoms with Gasteiger partial charge in [0.1, 0.15) is 12.4 Å². The summed E-state index contributed by atoms with van der Waals surface area (Å²) in [6, 6.07) is 6.23. The van der Waals surface area contributed by atoms with Crippen molar-refractivity contribution in [3.05, 3.63) is 30.1 Å². The monoisotopic (exact) mass is 2040 g/mol. The minimum Gasteiger partial charge on any atom is -0.449 e. The molecule has 0 spiro atoms. The van der Waals surface area contributed by atoms with Crippen LogP contribution in [-0.2, 0) is 40.0 Å². The molecule has 18 rings (SSSR count). The van der Waals surface area contributed by atoms with Crippen LogP contribution in [0.1, 0.15) is 337 Å². The number of ketones is 1. The fourth-order valence-electron chi connectivity index (χ4n) is 22.1. The molecule has 0 aliphatic carbocycles.